The van der Waals surface area contributed by atoms with Crippen molar-refractivity contribution in [2.24, 2.45) is 5.92 Å². The Kier molecular flexibility index (Phi) is 8.47. The highest BCUT2D eigenvalue weighted by Gasteiger charge is 2.19. The Morgan fingerprint density at radius 1 is 0.306 bits per heavy atom. The number of nitrogens with zero attached hydrogens (tertiary/aromatic N) is 2. The first-order valence-corrected chi connectivity index (χ1v) is 21.8. The van der Waals surface area contributed by atoms with Crippen LogP contribution in [0.5, 0.6) is 0 Å². The van der Waals surface area contributed by atoms with Crippen molar-refractivity contribution in [1.82, 2.24) is 9.13 Å². The molecule has 0 saturated heterocycles. The maximum absolute atomic E-state index is 2.46. The van der Waals surface area contributed by atoms with Gasteiger partial charge in [0.2, 0.25) is 0 Å². The van der Waals surface area contributed by atoms with Gasteiger partial charge in [0.15, 0.2) is 0 Å². The molecule has 0 aliphatic carbocycles. The zero-order valence-corrected chi connectivity index (χ0v) is 34.9. The van der Waals surface area contributed by atoms with E-state index in [0.29, 0.717) is 5.92 Å². The molecule has 0 spiro atoms. The highest BCUT2D eigenvalue weighted by molar-refractivity contribution is 6.21. The molecule has 2 aromatic heterocycles. The Hall–Kier alpha value is -7.68. The Labute approximate surface area is 361 Å². The maximum atomic E-state index is 2.46. The summed E-state index contributed by atoms with van der Waals surface area (Å²) >= 11 is 0. The number of aromatic nitrogens is 2. The molecule has 0 fully saturated rings. The minimum Gasteiger partial charge on any atom is -0.309 e. The van der Waals surface area contributed by atoms with Crippen molar-refractivity contribution in [3.05, 3.63) is 218 Å². The van der Waals surface area contributed by atoms with Crippen LogP contribution in [0.3, 0.4) is 0 Å². The molecule has 0 saturated carbocycles. The van der Waals surface area contributed by atoms with Gasteiger partial charge in [0, 0.05) is 32.9 Å². The van der Waals surface area contributed by atoms with E-state index >= 15 is 0 Å². The van der Waals surface area contributed by atoms with Crippen molar-refractivity contribution in [2.45, 2.75) is 20.3 Å². The van der Waals surface area contributed by atoms with Crippen LogP contribution in [0.25, 0.3) is 110 Å². The molecule has 0 amide bonds. The summed E-state index contributed by atoms with van der Waals surface area (Å²) in [5.74, 6) is 0.572. The summed E-state index contributed by atoms with van der Waals surface area (Å²) in [6, 6.07) is 78.6. The Balaban J connectivity index is 1.02. The van der Waals surface area contributed by atoms with Gasteiger partial charge in [-0.2, -0.15) is 0 Å². The topological polar surface area (TPSA) is 9.86 Å². The molecule has 12 rings (SSSR count). The zero-order valence-electron chi connectivity index (χ0n) is 34.9. The van der Waals surface area contributed by atoms with Crippen LogP contribution in [-0.4, -0.2) is 9.13 Å². The molecule has 0 unspecified atom stereocenters. The van der Waals surface area contributed by atoms with Gasteiger partial charge in [0.25, 0.3) is 0 Å². The monoisotopic (exact) mass is 792 g/mol. The molecule has 12 aromatic rings. The number of hydrogen-bond acceptors (Lipinski definition) is 0. The summed E-state index contributed by atoms with van der Waals surface area (Å²) in [6.07, 6.45) is 1.05. The molecule has 62 heavy (non-hydrogen) atoms. The number of fused-ring (bicyclic) bond motifs is 8. The van der Waals surface area contributed by atoms with Crippen molar-refractivity contribution in [1.29, 1.82) is 0 Å². The molecule has 2 heterocycles. The fourth-order valence-corrected chi connectivity index (χ4v) is 10.3. The summed E-state index contributed by atoms with van der Waals surface area (Å²) in [7, 11) is 0. The highest BCUT2D eigenvalue weighted by Crippen LogP contribution is 2.44. The second kappa shape index (κ2) is 14.5. The van der Waals surface area contributed by atoms with Crippen molar-refractivity contribution in [3.8, 4) is 44.8 Å². The zero-order chi connectivity index (χ0) is 41.3. The van der Waals surface area contributed by atoms with Gasteiger partial charge in [0.1, 0.15) is 0 Å². The number of rotatable bonds is 7. The van der Waals surface area contributed by atoms with E-state index in [0.717, 1.165) is 12.1 Å². The smallest absolute Gasteiger partial charge is 0.0541 e. The van der Waals surface area contributed by atoms with Gasteiger partial charge in [-0.3, -0.25) is 0 Å². The summed E-state index contributed by atoms with van der Waals surface area (Å²) in [5.41, 5.74) is 16.0. The Morgan fingerprint density at radius 3 is 1.24 bits per heavy atom. The molecule has 0 aliphatic rings. The lowest BCUT2D eigenvalue weighted by atomic mass is 9.86. The van der Waals surface area contributed by atoms with E-state index in [4.69, 9.17) is 0 Å². The van der Waals surface area contributed by atoms with Crippen LogP contribution < -0.4 is 0 Å². The van der Waals surface area contributed by atoms with Gasteiger partial charge in [-0.15, -0.1) is 0 Å². The molecular weight excluding hydrogens is 749 g/mol. The fourth-order valence-electron chi connectivity index (χ4n) is 10.3. The predicted octanol–water partition coefficient (Wildman–Crippen LogP) is 16.4. The van der Waals surface area contributed by atoms with E-state index in [1.54, 1.807) is 0 Å². The molecule has 0 atom stereocenters. The molecule has 10 aromatic carbocycles. The quantitative estimate of drug-likeness (QED) is 0.142. The van der Waals surface area contributed by atoms with Crippen LogP contribution in [0, 0.1) is 5.92 Å². The number of para-hydroxylation sites is 2. The summed E-state index contributed by atoms with van der Waals surface area (Å²) in [5, 5.41) is 10.2. The van der Waals surface area contributed by atoms with Crippen LogP contribution in [0.2, 0.25) is 0 Å². The first-order chi connectivity index (χ1) is 30.6. The first-order valence-electron chi connectivity index (χ1n) is 21.8. The minimum atomic E-state index is 0.572. The number of hydrogen-bond donors (Lipinski definition) is 0. The lowest BCUT2D eigenvalue weighted by Crippen LogP contribution is -1.96. The molecule has 0 aliphatic heterocycles. The molecule has 0 radical (unpaired) electrons. The fraction of sp³-hybridized carbons (Fsp3) is 0.0667. The van der Waals surface area contributed by atoms with E-state index in [9.17, 15) is 0 Å². The van der Waals surface area contributed by atoms with Crippen LogP contribution >= 0.6 is 0 Å². The van der Waals surface area contributed by atoms with E-state index in [-0.39, 0.29) is 0 Å². The van der Waals surface area contributed by atoms with Crippen molar-refractivity contribution >= 4 is 65.2 Å². The van der Waals surface area contributed by atoms with Gasteiger partial charge in [0.05, 0.1) is 22.1 Å². The largest absolute Gasteiger partial charge is 0.309 e. The number of benzene rings is 10. The predicted molar refractivity (Wildman–Crippen MR) is 265 cm³/mol. The maximum Gasteiger partial charge on any atom is 0.0541 e. The van der Waals surface area contributed by atoms with Crippen molar-refractivity contribution in [3.63, 3.8) is 0 Å². The normalized spacial score (nSPS) is 11.9. The summed E-state index contributed by atoms with van der Waals surface area (Å²) in [6.45, 7) is 4.61. The van der Waals surface area contributed by atoms with Gasteiger partial charge < -0.3 is 9.13 Å². The molecular formula is C60H44N2. The molecule has 0 N–H and O–H groups in total. The summed E-state index contributed by atoms with van der Waals surface area (Å²) < 4.78 is 4.85. The lowest BCUT2D eigenvalue weighted by Gasteiger charge is -2.18. The molecule has 2 nitrogen and oxygen atoms in total. The second-order valence-electron chi connectivity index (χ2n) is 17.2. The third-order valence-corrected chi connectivity index (χ3v) is 12.9. The van der Waals surface area contributed by atoms with Gasteiger partial charge in [-0.25, -0.2) is 0 Å². The average molecular weight is 793 g/mol. The van der Waals surface area contributed by atoms with Crippen LogP contribution in [0.1, 0.15) is 19.4 Å². The van der Waals surface area contributed by atoms with Crippen LogP contribution in [0.4, 0.5) is 0 Å². The van der Waals surface area contributed by atoms with E-state index < -0.39 is 0 Å². The first kappa shape index (κ1) is 36.2. The van der Waals surface area contributed by atoms with Crippen LogP contribution in [-0.2, 0) is 6.42 Å². The van der Waals surface area contributed by atoms with E-state index in [2.05, 4.69) is 235 Å². The summed E-state index contributed by atoms with van der Waals surface area (Å²) in [4.78, 5) is 0. The SMILES string of the molecule is CC(C)Cc1ccc2c(c1)c1cc(-c3ccc4c(c3)c3ccccc3n4-c3ccccc3)ccc1n2-c1ccc(-c2c3ccccc3c(-c3ccccc3)c3ccccc23)cc1. The molecule has 2 heteroatoms. The molecule has 294 valence electrons. The van der Waals surface area contributed by atoms with Crippen LogP contribution in [0.15, 0.2) is 212 Å². The Bertz CT molecular complexity index is 3610. The standard InChI is InChI=1S/C60H44N2/c1-39(2)35-40-25-32-56-52(36-40)54-38-44(43-28-33-57-53(37-43)47-19-13-14-24-55(47)61(57)45-17-7-4-8-18-45)29-34-58(54)62(56)46-30-26-42(27-31-46)60-50-22-11-9-20-48(50)59(41-15-5-3-6-16-41)49-21-10-12-23-51(49)60/h3-34,36-39H,35H2,1-2H3. The highest BCUT2D eigenvalue weighted by atomic mass is 15.0. The van der Waals surface area contributed by atoms with Crippen molar-refractivity contribution < 1.29 is 0 Å². The second-order valence-corrected chi connectivity index (χ2v) is 17.2. The van der Waals surface area contributed by atoms with Crippen molar-refractivity contribution in [2.75, 3.05) is 0 Å². The third kappa shape index (κ3) is 5.79. The molecule has 0 bridgehead atoms. The van der Waals surface area contributed by atoms with Gasteiger partial charge in [-0.1, -0.05) is 159 Å². The third-order valence-electron chi connectivity index (χ3n) is 12.9. The van der Waals surface area contributed by atoms with E-state index in [1.165, 1.54) is 110 Å². The van der Waals surface area contributed by atoms with Gasteiger partial charge in [-0.05, 0) is 140 Å². The minimum absolute atomic E-state index is 0.572. The Morgan fingerprint density at radius 2 is 0.694 bits per heavy atom. The lowest BCUT2D eigenvalue weighted by molar-refractivity contribution is 0.648. The van der Waals surface area contributed by atoms with E-state index in [1.807, 2.05) is 0 Å². The van der Waals surface area contributed by atoms with Gasteiger partial charge >= 0.3 is 0 Å². The average Bonchev–Trinajstić information content (AvgIpc) is 3.83.